The smallest absolute Gasteiger partial charge is 0.100 e. The minimum absolute atomic E-state index is 0.236. The first kappa shape index (κ1) is 7.95. The third-order valence-corrected chi connectivity index (χ3v) is 2.14. The molecule has 0 spiro atoms. The molecule has 0 aromatic carbocycles. The molecule has 0 heterocycles. The topological polar surface area (TPSA) is 40.5 Å². The van der Waals surface area contributed by atoms with Gasteiger partial charge in [-0.15, -0.1) is 0 Å². The molecule has 2 N–H and O–H groups in total. The molecule has 0 saturated heterocycles. The van der Waals surface area contributed by atoms with E-state index < -0.39 is 11.8 Å². The van der Waals surface area contributed by atoms with Gasteiger partial charge in [0.1, 0.15) is 6.17 Å². The lowest BCUT2D eigenvalue weighted by Gasteiger charge is -2.31. The van der Waals surface area contributed by atoms with Gasteiger partial charge in [0.25, 0.3) is 0 Å². The van der Waals surface area contributed by atoms with Crippen LogP contribution in [0.3, 0.4) is 0 Å². The van der Waals surface area contributed by atoms with E-state index in [2.05, 4.69) is 0 Å². The molecule has 0 amide bonds. The van der Waals surface area contributed by atoms with Gasteiger partial charge >= 0.3 is 0 Å². The van der Waals surface area contributed by atoms with Crippen LogP contribution in [0, 0.1) is 0 Å². The Hall–Kier alpha value is -0.150. The Morgan fingerprint density at radius 1 is 1.40 bits per heavy atom. The van der Waals surface area contributed by atoms with Gasteiger partial charge < -0.3 is 10.2 Å². The molecule has 0 atom stereocenters. The fourth-order valence-electron chi connectivity index (χ4n) is 1.28. The molecule has 0 aromatic heterocycles. The van der Waals surface area contributed by atoms with E-state index in [9.17, 15) is 9.50 Å². The summed E-state index contributed by atoms with van der Waals surface area (Å²) < 4.78 is 12.5. The number of hydrogen-bond donors (Lipinski definition) is 2. The van der Waals surface area contributed by atoms with E-state index in [-0.39, 0.29) is 6.61 Å². The van der Waals surface area contributed by atoms with Gasteiger partial charge in [-0.05, 0) is 25.7 Å². The predicted molar refractivity (Wildman–Crippen MR) is 35.4 cm³/mol. The second-order valence-electron chi connectivity index (χ2n) is 3.06. The Bertz CT molecular complexity index is 108. The van der Waals surface area contributed by atoms with E-state index in [4.69, 9.17) is 5.11 Å². The average molecular weight is 148 g/mol. The summed E-state index contributed by atoms with van der Waals surface area (Å²) in [5, 5.41) is 18.0. The van der Waals surface area contributed by atoms with Crippen LogP contribution >= 0.6 is 0 Å². The molecule has 0 bridgehead atoms. The summed E-state index contributed by atoms with van der Waals surface area (Å²) in [6, 6.07) is 0. The van der Waals surface area contributed by atoms with Crippen molar-refractivity contribution >= 4 is 0 Å². The Labute approximate surface area is 59.7 Å². The molecule has 0 radical (unpaired) electrons. The normalized spacial score (nSPS) is 41.7. The van der Waals surface area contributed by atoms with E-state index in [1.54, 1.807) is 0 Å². The number of alkyl halides is 1. The Morgan fingerprint density at radius 2 is 1.90 bits per heavy atom. The zero-order chi connectivity index (χ0) is 7.61. The van der Waals surface area contributed by atoms with E-state index >= 15 is 0 Å². The quantitative estimate of drug-likeness (QED) is 0.572. The maximum atomic E-state index is 12.5. The highest BCUT2D eigenvalue weighted by Gasteiger charge is 2.32. The molecular formula is C7H13FO2. The van der Waals surface area contributed by atoms with Gasteiger partial charge in [0.05, 0.1) is 12.2 Å². The van der Waals surface area contributed by atoms with Crippen molar-refractivity contribution < 1.29 is 14.6 Å². The minimum Gasteiger partial charge on any atom is -0.393 e. The van der Waals surface area contributed by atoms with Crippen molar-refractivity contribution in [2.24, 2.45) is 0 Å². The lowest BCUT2D eigenvalue weighted by atomic mass is 9.85. The first-order valence-electron chi connectivity index (χ1n) is 3.64. The zero-order valence-corrected chi connectivity index (χ0v) is 5.89. The standard InChI is InChI=1S/C7H13FO2/c8-6-1-3-7(10,5-9)4-2-6/h6,9-10H,1-5H2. The molecule has 10 heavy (non-hydrogen) atoms. The maximum Gasteiger partial charge on any atom is 0.100 e. The largest absolute Gasteiger partial charge is 0.393 e. The minimum atomic E-state index is -0.984. The average Bonchev–Trinajstić information content (AvgIpc) is 1.96. The van der Waals surface area contributed by atoms with Crippen molar-refractivity contribution in [1.82, 2.24) is 0 Å². The third-order valence-electron chi connectivity index (χ3n) is 2.14. The molecule has 2 nitrogen and oxygen atoms in total. The fourth-order valence-corrected chi connectivity index (χ4v) is 1.28. The molecule has 1 fully saturated rings. The fraction of sp³-hybridized carbons (Fsp3) is 1.00. The predicted octanol–water partition coefficient (Wildman–Crippen LogP) is 0.622. The van der Waals surface area contributed by atoms with Gasteiger partial charge in [0, 0.05) is 0 Å². The number of aliphatic hydroxyl groups is 2. The van der Waals surface area contributed by atoms with Gasteiger partial charge in [-0.2, -0.15) is 0 Å². The Balaban J connectivity index is 2.38. The molecule has 0 unspecified atom stereocenters. The molecule has 1 aliphatic carbocycles. The van der Waals surface area contributed by atoms with Crippen LogP contribution < -0.4 is 0 Å². The van der Waals surface area contributed by atoms with E-state index in [0.29, 0.717) is 25.7 Å². The summed E-state index contributed by atoms with van der Waals surface area (Å²) in [5.41, 5.74) is -0.984. The van der Waals surface area contributed by atoms with Gasteiger partial charge in [-0.25, -0.2) is 4.39 Å². The number of rotatable bonds is 1. The highest BCUT2D eigenvalue weighted by molar-refractivity contribution is 4.84. The van der Waals surface area contributed by atoms with Crippen LogP contribution in [0.2, 0.25) is 0 Å². The van der Waals surface area contributed by atoms with Crippen LogP contribution in [0.4, 0.5) is 4.39 Å². The molecule has 3 heteroatoms. The van der Waals surface area contributed by atoms with Crippen molar-refractivity contribution in [1.29, 1.82) is 0 Å². The molecular weight excluding hydrogens is 135 g/mol. The summed E-state index contributed by atoms with van der Waals surface area (Å²) in [5.74, 6) is 0. The lowest BCUT2D eigenvalue weighted by molar-refractivity contribution is -0.0549. The summed E-state index contributed by atoms with van der Waals surface area (Å²) >= 11 is 0. The van der Waals surface area contributed by atoms with Gasteiger partial charge in [-0.1, -0.05) is 0 Å². The third kappa shape index (κ3) is 1.67. The zero-order valence-electron chi connectivity index (χ0n) is 5.89. The molecule has 0 aliphatic heterocycles. The Morgan fingerprint density at radius 3 is 2.30 bits per heavy atom. The number of hydrogen-bond acceptors (Lipinski definition) is 2. The SMILES string of the molecule is OCC1(O)CCC(F)CC1. The van der Waals surface area contributed by atoms with Crippen molar-refractivity contribution in [3.8, 4) is 0 Å². The molecule has 0 aromatic rings. The van der Waals surface area contributed by atoms with E-state index in [0.717, 1.165) is 0 Å². The van der Waals surface area contributed by atoms with Crippen molar-refractivity contribution in [3.05, 3.63) is 0 Å². The van der Waals surface area contributed by atoms with Crippen LogP contribution in [-0.2, 0) is 0 Å². The van der Waals surface area contributed by atoms with Crippen LogP contribution in [-0.4, -0.2) is 28.6 Å². The van der Waals surface area contributed by atoms with Crippen molar-refractivity contribution in [3.63, 3.8) is 0 Å². The summed E-state index contributed by atoms with van der Waals surface area (Å²) in [6.45, 7) is -0.236. The summed E-state index contributed by atoms with van der Waals surface area (Å²) in [6.07, 6.45) is 0.788. The molecule has 1 saturated carbocycles. The van der Waals surface area contributed by atoms with Gasteiger partial charge in [-0.3, -0.25) is 0 Å². The molecule has 60 valence electrons. The van der Waals surface area contributed by atoms with Crippen LogP contribution in [0.15, 0.2) is 0 Å². The molecule has 1 aliphatic rings. The van der Waals surface area contributed by atoms with Gasteiger partial charge in [0.15, 0.2) is 0 Å². The van der Waals surface area contributed by atoms with E-state index in [1.165, 1.54) is 0 Å². The highest BCUT2D eigenvalue weighted by atomic mass is 19.1. The number of halogens is 1. The first-order valence-corrected chi connectivity index (χ1v) is 3.64. The maximum absolute atomic E-state index is 12.5. The van der Waals surface area contributed by atoms with Crippen LogP contribution in [0.1, 0.15) is 25.7 Å². The summed E-state index contributed by atoms with van der Waals surface area (Å²) in [4.78, 5) is 0. The van der Waals surface area contributed by atoms with Crippen LogP contribution in [0.5, 0.6) is 0 Å². The monoisotopic (exact) mass is 148 g/mol. The van der Waals surface area contributed by atoms with Crippen LogP contribution in [0.25, 0.3) is 0 Å². The molecule has 1 rings (SSSR count). The summed E-state index contributed by atoms with van der Waals surface area (Å²) in [7, 11) is 0. The lowest BCUT2D eigenvalue weighted by Crippen LogP contribution is -2.38. The highest BCUT2D eigenvalue weighted by Crippen LogP contribution is 2.29. The number of aliphatic hydroxyl groups excluding tert-OH is 1. The first-order chi connectivity index (χ1) is 4.66. The van der Waals surface area contributed by atoms with Gasteiger partial charge in [0.2, 0.25) is 0 Å². The second-order valence-corrected chi connectivity index (χ2v) is 3.06. The van der Waals surface area contributed by atoms with Crippen molar-refractivity contribution in [2.75, 3.05) is 6.61 Å². The van der Waals surface area contributed by atoms with Crippen molar-refractivity contribution in [2.45, 2.75) is 37.5 Å². The Kier molecular flexibility index (Phi) is 2.26. The second kappa shape index (κ2) is 2.84. The van der Waals surface area contributed by atoms with E-state index in [1.807, 2.05) is 0 Å².